The van der Waals surface area contributed by atoms with Crippen molar-refractivity contribution in [2.24, 2.45) is 0 Å². The zero-order valence-electron chi connectivity index (χ0n) is 16.2. The van der Waals surface area contributed by atoms with E-state index in [1.54, 1.807) is 31.0 Å². The van der Waals surface area contributed by atoms with E-state index in [-0.39, 0.29) is 0 Å². The molecular formula is C23H16N8. The topological polar surface area (TPSA) is 122 Å². The van der Waals surface area contributed by atoms with E-state index in [1.165, 1.54) is 0 Å². The minimum Gasteiger partial charge on any atom is -0.397 e. The molecule has 0 radical (unpaired) electrons. The van der Waals surface area contributed by atoms with Crippen molar-refractivity contribution in [2.75, 3.05) is 5.73 Å². The Morgan fingerprint density at radius 1 is 0.742 bits per heavy atom. The average molecular weight is 404 g/mol. The van der Waals surface area contributed by atoms with Crippen LogP contribution in [0.5, 0.6) is 0 Å². The van der Waals surface area contributed by atoms with Gasteiger partial charge in [-0.3, -0.25) is 25.0 Å². The molecular weight excluding hydrogens is 388 g/mol. The highest BCUT2D eigenvalue weighted by molar-refractivity contribution is 6.01. The standard InChI is InChI=1S/C23H16N8/c24-15-5-14(8-26-9-15)19-7-17-22(12-28-19)30-31-23(17)20-6-16-18(10-27-11-21(16)29-20)13-1-3-25-4-2-13/h1-12,29H,24H2,(H,30,31). The third-order valence-electron chi connectivity index (χ3n) is 5.29. The fourth-order valence-electron chi connectivity index (χ4n) is 3.82. The second kappa shape index (κ2) is 6.74. The van der Waals surface area contributed by atoms with Gasteiger partial charge in [-0.1, -0.05) is 0 Å². The van der Waals surface area contributed by atoms with Gasteiger partial charge in [0.25, 0.3) is 0 Å². The number of fused-ring (bicyclic) bond motifs is 2. The smallest absolute Gasteiger partial charge is 0.116 e. The van der Waals surface area contributed by atoms with Crippen molar-refractivity contribution in [2.45, 2.75) is 0 Å². The second-order valence-electron chi connectivity index (χ2n) is 7.26. The maximum atomic E-state index is 5.89. The molecule has 0 spiro atoms. The second-order valence-corrected chi connectivity index (χ2v) is 7.26. The van der Waals surface area contributed by atoms with Crippen LogP contribution in [0.3, 0.4) is 0 Å². The highest BCUT2D eigenvalue weighted by Gasteiger charge is 2.15. The van der Waals surface area contributed by atoms with E-state index < -0.39 is 0 Å². The summed E-state index contributed by atoms with van der Waals surface area (Å²) in [5.74, 6) is 0. The van der Waals surface area contributed by atoms with Crippen molar-refractivity contribution in [3.63, 3.8) is 0 Å². The molecule has 0 fully saturated rings. The molecule has 0 atom stereocenters. The number of pyridine rings is 4. The summed E-state index contributed by atoms with van der Waals surface area (Å²) >= 11 is 0. The van der Waals surface area contributed by atoms with Crippen molar-refractivity contribution in [1.29, 1.82) is 0 Å². The van der Waals surface area contributed by atoms with Gasteiger partial charge in [-0.15, -0.1) is 0 Å². The summed E-state index contributed by atoms with van der Waals surface area (Å²) in [5, 5.41) is 9.65. The van der Waals surface area contributed by atoms with Gasteiger partial charge in [-0.2, -0.15) is 5.10 Å². The highest BCUT2D eigenvalue weighted by atomic mass is 15.1. The maximum Gasteiger partial charge on any atom is 0.116 e. The summed E-state index contributed by atoms with van der Waals surface area (Å²) in [6, 6.07) is 9.91. The summed E-state index contributed by atoms with van der Waals surface area (Å²) in [4.78, 5) is 20.7. The number of aromatic nitrogens is 7. The van der Waals surface area contributed by atoms with E-state index in [4.69, 9.17) is 5.73 Å². The van der Waals surface area contributed by atoms with Gasteiger partial charge in [0.1, 0.15) is 5.69 Å². The van der Waals surface area contributed by atoms with Crippen LogP contribution in [0, 0.1) is 0 Å². The van der Waals surface area contributed by atoms with Gasteiger partial charge in [0.05, 0.1) is 40.5 Å². The predicted octanol–water partition coefficient (Wildman–Crippen LogP) is 4.21. The molecule has 6 aromatic rings. The minimum atomic E-state index is 0.596. The number of hydrogen-bond donors (Lipinski definition) is 3. The lowest BCUT2D eigenvalue weighted by Gasteiger charge is -2.02. The van der Waals surface area contributed by atoms with Gasteiger partial charge in [0.15, 0.2) is 0 Å². The van der Waals surface area contributed by atoms with Crippen LogP contribution in [0.15, 0.2) is 73.7 Å². The van der Waals surface area contributed by atoms with Gasteiger partial charge >= 0.3 is 0 Å². The zero-order chi connectivity index (χ0) is 20.8. The quantitative estimate of drug-likeness (QED) is 0.406. The molecule has 6 rings (SSSR count). The van der Waals surface area contributed by atoms with Crippen molar-refractivity contribution >= 4 is 27.5 Å². The molecule has 6 aromatic heterocycles. The molecule has 0 aromatic carbocycles. The van der Waals surface area contributed by atoms with Gasteiger partial charge in [-0.05, 0) is 35.9 Å². The highest BCUT2D eigenvalue weighted by Crippen LogP contribution is 2.34. The third kappa shape index (κ3) is 2.89. The number of nitrogen functional groups attached to an aromatic ring is 1. The Morgan fingerprint density at radius 3 is 2.48 bits per heavy atom. The number of aromatic amines is 2. The lowest BCUT2D eigenvalue weighted by molar-refractivity contribution is 1.11. The molecule has 0 saturated carbocycles. The molecule has 8 heteroatoms. The molecule has 0 saturated heterocycles. The Morgan fingerprint density at radius 2 is 1.61 bits per heavy atom. The Labute approximate surface area is 176 Å². The van der Waals surface area contributed by atoms with Crippen molar-refractivity contribution in [3.05, 3.63) is 73.7 Å². The van der Waals surface area contributed by atoms with E-state index in [1.807, 2.05) is 36.7 Å². The van der Waals surface area contributed by atoms with E-state index in [2.05, 4.69) is 41.2 Å². The van der Waals surface area contributed by atoms with E-state index in [0.717, 1.165) is 55.6 Å². The fourth-order valence-corrected chi connectivity index (χ4v) is 3.82. The normalized spacial score (nSPS) is 11.4. The maximum absolute atomic E-state index is 5.89. The van der Waals surface area contributed by atoms with Crippen LogP contribution in [0.4, 0.5) is 5.69 Å². The SMILES string of the molecule is Nc1cncc(-c2cc3c(-c4cc5c(-c6ccncc6)cncc5[nH]4)n[nH]c3cn2)c1. The van der Waals surface area contributed by atoms with Gasteiger partial charge in [-0.25, -0.2) is 0 Å². The molecule has 0 aliphatic heterocycles. The Bertz CT molecular complexity index is 1550. The van der Waals surface area contributed by atoms with Crippen molar-refractivity contribution in [3.8, 4) is 33.8 Å². The molecule has 0 amide bonds. The van der Waals surface area contributed by atoms with Crippen LogP contribution < -0.4 is 5.73 Å². The first kappa shape index (κ1) is 17.3. The number of H-pyrrole nitrogens is 2. The average Bonchev–Trinajstić information content (AvgIpc) is 3.43. The summed E-state index contributed by atoms with van der Waals surface area (Å²) < 4.78 is 0. The molecule has 0 bridgehead atoms. The van der Waals surface area contributed by atoms with Gasteiger partial charge in [0.2, 0.25) is 0 Å². The van der Waals surface area contributed by atoms with Crippen LogP contribution in [-0.4, -0.2) is 35.1 Å². The van der Waals surface area contributed by atoms with E-state index >= 15 is 0 Å². The molecule has 6 heterocycles. The molecule has 148 valence electrons. The van der Waals surface area contributed by atoms with E-state index in [9.17, 15) is 0 Å². The Hall–Kier alpha value is -4.59. The summed E-state index contributed by atoms with van der Waals surface area (Å²) in [7, 11) is 0. The number of nitrogens with two attached hydrogens (primary N) is 1. The summed E-state index contributed by atoms with van der Waals surface area (Å²) in [6.07, 6.45) is 12.4. The minimum absolute atomic E-state index is 0.596. The van der Waals surface area contributed by atoms with Crippen LogP contribution in [0.1, 0.15) is 0 Å². The number of hydrogen-bond acceptors (Lipinski definition) is 6. The van der Waals surface area contributed by atoms with Crippen molar-refractivity contribution < 1.29 is 0 Å². The molecule has 0 unspecified atom stereocenters. The molecule has 0 aliphatic rings. The monoisotopic (exact) mass is 404 g/mol. The fraction of sp³-hybridized carbons (Fsp3) is 0. The number of rotatable bonds is 3. The first-order valence-corrected chi connectivity index (χ1v) is 9.69. The molecule has 4 N–H and O–H groups in total. The van der Waals surface area contributed by atoms with Crippen LogP contribution in [0.2, 0.25) is 0 Å². The zero-order valence-corrected chi connectivity index (χ0v) is 16.2. The first-order valence-electron chi connectivity index (χ1n) is 9.69. The largest absolute Gasteiger partial charge is 0.397 e. The predicted molar refractivity (Wildman–Crippen MR) is 120 cm³/mol. The Balaban J connectivity index is 1.51. The number of nitrogens with one attached hydrogen (secondary N) is 2. The van der Waals surface area contributed by atoms with Crippen molar-refractivity contribution in [1.82, 2.24) is 35.1 Å². The first-order chi connectivity index (χ1) is 15.3. The third-order valence-corrected chi connectivity index (χ3v) is 5.29. The number of nitrogens with zero attached hydrogens (tertiary/aromatic N) is 5. The Kier molecular flexibility index (Phi) is 3.76. The summed E-state index contributed by atoms with van der Waals surface area (Å²) in [5.41, 5.74) is 13.7. The number of anilines is 1. The lowest BCUT2D eigenvalue weighted by atomic mass is 10.1. The summed E-state index contributed by atoms with van der Waals surface area (Å²) in [6.45, 7) is 0. The molecule has 31 heavy (non-hydrogen) atoms. The van der Waals surface area contributed by atoms with Gasteiger partial charge < -0.3 is 10.7 Å². The molecule has 0 aliphatic carbocycles. The lowest BCUT2D eigenvalue weighted by Crippen LogP contribution is -1.89. The van der Waals surface area contributed by atoms with Crippen LogP contribution >= 0.6 is 0 Å². The molecule has 8 nitrogen and oxygen atoms in total. The van der Waals surface area contributed by atoms with Crippen LogP contribution in [-0.2, 0) is 0 Å². The van der Waals surface area contributed by atoms with Crippen LogP contribution in [0.25, 0.3) is 55.6 Å². The van der Waals surface area contributed by atoms with E-state index in [0.29, 0.717) is 5.69 Å². The van der Waals surface area contributed by atoms with Gasteiger partial charge in [0, 0.05) is 52.9 Å².